The Labute approximate surface area is 114 Å². The molecular weight excluding hydrogens is 234 g/mol. The van der Waals surface area contributed by atoms with Crippen molar-refractivity contribution in [2.24, 2.45) is 5.73 Å². The molecule has 0 bridgehead atoms. The molecule has 2 N–H and O–H groups in total. The summed E-state index contributed by atoms with van der Waals surface area (Å²) in [7, 11) is 0. The van der Waals surface area contributed by atoms with E-state index in [1.54, 1.807) is 0 Å². The van der Waals surface area contributed by atoms with Crippen molar-refractivity contribution in [3.8, 4) is 12.3 Å². The van der Waals surface area contributed by atoms with Gasteiger partial charge in [0.2, 0.25) is 0 Å². The average molecular weight is 253 g/mol. The summed E-state index contributed by atoms with van der Waals surface area (Å²) in [5.41, 5.74) is 7.93. The van der Waals surface area contributed by atoms with Crippen LogP contribution < -0.4 is 10.6 Å². The van der Waals surface area contributed by atoms with Gasteiger partial charge >= 0.3 is 0 Å². The van der Waals surface area contributed by atoms with Crippen LogP contribution in [0.5, 0.6) is 0 Å². The molecular formula is C16H19N3. The summed E-state index contributed by atoms with van der Waals surface area (Å²) in [6.07, 6.45) is 6.47. The highest BCUT2D eigenvalue weighted by atomic mass is 15.2. The van der Waals surface area contributed by atoms with Crippen LogP contribution in [0, 0.1) is 12.3 Å². The van der Waals surface area contributed by atoms with Crippen molar-refractivity contribution in [2.75, 3.05) is 18.0 Å². The topological polar surface area (TPSA) is 42.1 Å². The Morgan fingerprint density at radius 2 is 2.16 bits per heavy atom. The number of nitrogens with two attached hydrogens (primary N) is 1. The van der Waals surface area contributed by atoms with Crippen molar-refractivity contribution in [1.29, 1.82) is 0 Å². The van der Waals surface area contributed by atoms with Gasteiger partial charge in [0.1, 0.15) is 5.82 Å². The van der Waals surface area contributed by atoms with Gasteiger partial charge in [-0.1, -0.05) is 31.0 Å². The van der Waals surface area contributed by atoms with E-state index in [0.29, 0.717) is 13.1 Å². The number of anilines is 1. The minimum Gasteiger partial charge on any atom is -0.345 e. The summed E-state index contributed by atoms with van der Waals surface area (Å²) in [6, 6.07) is 10.1. The lowest BCUT2D eigenvalue weighted by Gasteiger charge is -2.22. The normalized spacial score (nSPS) is 10.4. The number of hydrogen-bond donors (Lipinski definition) is 1. The Hall–Kier alpha value is -2.05. The Morgan fingerprint density at radius 3 is 2.84 bits per heavy atom. The van der Waals surface area contributed by atoms with E-state index in [1.807, 2.05) is 18.2 Å². The lowest BCUT2D eigenvalue weighted by atomic mass is 10.1. The van der Waals surface area contributed by atoms with Crippen LogP contribution in [0.2, 0.25) is 0 Å². The first-order valence-electron chi connectivity index (χ1n) is 6.57. The highest BCUT2D eigenvalue weighted by Crippen LogP contribution is 2.22. The second kappa shape index (κ2) is 6.21. The predicted molar refractivity (Wildman–Crippen MR) is 81.0 cm³/mol. The van der Waals surface area contributed by atoms with Gasteiger partial charge < -0.3 is 10.6 Å². The SMILES string of the molecule is C#CCN(CCC)c1cc(CN)c2ccccc2n1. The summed E-state index contributed by atoms with van der Waals surface area (Å²) in [4.78, 5) is 6.81. The molecule has 0 fully saturated rings. The van der Waals surface area contributed by atoms with E-state index in [0.717, 1.165) is 35.2 Å². The van der Waals surface area contributed by atoms with Crippen molar-refractivity contribution in [1.82, 2.24) is 4.98 Å². The highest BCUT2D eigenvalue weighted by Gasteiger charge is 2.09. The fraction of sp³-hybridized carbons (Fsp3) is 0.312. The largest absolute Gasteiger partial charge is 0.345 e. The lowest BCUT2D eigenvalue weighted by molar-refractivity contribution is 0.810. The van der Waals surface area contributed by atoms with Crippen LogP contribution in [-0.2, 0) is 6.54 Å². The second-order valence-corrected chi connectivity index (χ2v) is 4.49. The molecule has 3 nitrogen and oxygen atoms in total. The lowest BCUT2D eigenvalue weighted by Crippen LogP contribution is -2.25. The Balaban J connectivity index is 2.51. The maximum atomic E-state index is 5.85. The molecule has 0 amide bonds. The molecule has 0 spiro atoms. The van der Waals surface area contributed by atoms with E-state index in [4.69, 9.17) is 17.1 Å². The van der Waals surface area contributed by atoms with E-state index in [9.17, 15) is 0 Å². The Kier molecular flexibility index (Phi) is 4.38. The van der Waals surface area contributed by atoms with Gasteiger partial charge in [-0.25, -0.2) is 4.98 Å². The molecule has 19 heavy (non-hydrogen) atoms. The molecule has 0 aliphatic carbocycles. The molecule has 0 saturated heterocycles. The standard InChI is InChI=1S/C16H19N3/c1-3-9-19(10-4-2)16-11-13(12-17)14-7-5-6-8-15(14)18-16/h1,5-8,11H,4,9-10,12,17H2,2H3. The van der Waals surface area contributed by atoms with Gasteiger partial charge in [0.25, 0.3) is 0 Å². The van der Waals surface area contributed by atoms with Crippen molar-refractivity contribution < 1.29 is 0 Å². The zero-order chi connectivity index (χ0) is 13.7. The van der Waals surface area contributed by atoms with E-state index in [-0.39, 0.29) is 0 Å². The van der Waals surface area contributed by atoms with E-state index in [2.05, 4.69) is 29.9 Å². The monoisotopic (exact) mass is 253 g/mol. The molecule has 0 radical (unpaired) electrons. The smallest absolute Gasteiger partial charge is 0.130 e. The van der Waals surface area contributed by atoms with Crippen LogP contribution in [0.25, 0.3) is 10.9 Å². The fourth-order valence-electron chi connectivity index (χ4n) is 2.22. The number of rotatable bonds is 5. The second-order valence-electron chi connectivity index (χ2n) is 4.49. The number of terminal acetylenes is 1. The van der Waals surface area contributed by atoms with E-state index >= 15 is 0 Å². The van der Waals surface area contributed by atoms with Gasteiger partial charge in [-0.2, -0.15) is 0 Å². The molecule has 3 heteroatoms. The van der Waals surface area contributed by atoms with Crippen LogP contribution in [-0.4, -0.2) is 18.1 Å². The molecule has 0 atom stereocenters. The van der Waals surface area contributed by atoms with Gasteiger partial charge in [-0.05, 0) is 24.1 Å². The van der Waals surface area contributed by atoms with Gasteiger partial charge in [-0.3, -0.25) is 0 Å². The third kappa shape index (κ3) is 2.86. The third-order valence-electron chi connectivity index (χ3n) is 3.11. The van der Waals surface area contributed by atoms with Crippen LogP contribution in [0.1, 0.15) is 18.9 Å². The average Bonchev–Trinajstić information content (AvgIpc) is 2.46. The number of para-hydroxylation sites is 1. The van der Waals surface area contributed by atoms with Crippen LogP contribution in [0.4, 0.5) is 5.82 Å². The van der Waals surface area contributed by atoms with E-state index in [1.165, 1.54) is 0 Å². The molecule has 98 valence electrons. The van der Waals surface area contributed by atoms with Crippen molar-refractivity contribution in [3.63, 3.8) is 0 Å². The van der Waals surface area contributed by atoms with Gasteiger partial charge in [0.15, 0.2) is 0 Å². The van der Waals surface area contributed by atoms with E-state index < -0.39 is 0 Å². The predicted octanol–water partition coefficient (Wildman–Crippen LogP) is 2.54. The fourth-order valence-corrected chi connectivity index (χ4v) is 2.22. The minimum atomic E-state index is 0.506. The number of aromatic nitrogens is 1. The number of fused-ring (bicyclic) bond motifs is 1. The summed E-state index contributed by atoms with van der Waals surface area (Å²) in [6.45, 7) is 4.11. The highest BCUT2D eigenvalue weighted by molar-refractivity contribution is 5.84. The molecule has 0 saturated carbocycles. The minimum absolute atomic E-state index is 0.506. The Morgan fingerprint density at radius 1 is 1.37 bits per heavy atom. The van der Waals surface area contributed by atoms with Crippen LogP contribution >= 0.6 is 0 Å². The molecule has 1 aromatic carbocycles. The summed E-state index contributed by atoms with van der Waals surface area (Å²) < 4.78 is 0. The molecule has 0 aliphatic rings. The number of nitrogens with zero attached hydrogens (tertiary/aromatic N) is 2. The first-order valence-corrected chi connectivity index (χ1v) is 6.57. The maximum absolute atomic E-state index is 5.85. The van der Waals surface area contributed by atoms with Crippen molar-refractivity contribution in [2.45, 2.75) is 19.9 Å². The molecule has 1 heterocycles. The molecule has 1 aromatic heterocycles. The van der Waals surface area contributed by atoms with Crippen LogP contribution in [0.3, 0.4) is 0 Å². The molecule has 2 aromatic rings. The molecule has 0 aliphatic heterocycles. The number of benzene rings is 1. The van der Waals surface area contributed by atoms with Crippen molar-refractivity contribution in [3.05, 3.63) is 35.9 Å². The number of hydrogen-bond acceptors (Lipinski definition) is 3. The first kappa shape index (κ1) is 13.4. The molecule has 2 rings (SSSR count). The van der Waals surface area contributed by atoms with Gasteiger partial charge in [0, 0.05) is 18.5 Å². The zero-order valence-electron chi connectivity index (χ0n) is 11.3. The molecule has 0 unspecified atom stereocenters. The van der Waals surface area contributed by atoms with Gasteiger partial charge in [-0.15, -0.1) is 6.42 Å². The maximum Gasteiger partial charge on any atom is 0.130 e. The number of pyridine rings is 1. The summed E-state index contributed by atoms with van der Waals surface area (Å²) in [5, 5.41) is 1.12. The van der Waals surface area contributed by atoms with Gasteiger partial charge in [0.05, 0.1) is 12.1 Å². The Bertz CT molecular complexity index is 598. The first-order chi connectivity index (χ1) is 9.30. The quantitative estimate of drug-likeness (QED) is 0.833. The zero-order valence-corrected chi connectivity index (χ0v) is 11.3. The van der Waals surface area contributed by atoms with Crippen LogP contribution in [0.15, 0.2) is 30.3 Å². The summed E-state index contributed by atoms with van der Waals surface area (Å²) >= 11 is 0. The van der Waals surface area contributed by atoms with Crippen molar-refractivity contribution >= 4 is 16.7 Å². The summed E-state index contributed by atoms with van der Waals surface area (Å²) in [5.74, 6) is 3.61. The third-order valence-corrected chi connectivity index (χ3v) is 3.11.